The minimum atomic E-state index is -0.960. The molecule has 2 aromatic heterocycles. The second kappa shape index (κ2) is 9.33. The Kier molecular flexibility index (Phi) is 6.01. The maximum Gasteiger partial charge on any atom is 0.337 e. The molecule has 3 aliphatic rings. The summed E-state index contributed by atoms with van der Waals surface area (Å²) in [6.45, 7) is 5.70. The number of likely N-dealkylation sites (tertiary alicyclic amines) is 1. The van der Waals surface area contributed by atoms with E-state index in [1.165, 1.54) is 32.3 Å². The fraction of sp³-hybridized carbons (Fsp3) is 0.393. The molecular formula is C28H30N4O3S. The van der Waals surface area contributed by atoms with Crippen LogP contribution in [0.1, 0.15) is 40.1 Å². The summed E-state index contributed by atoms with van der Waals surface area (Å²) in [7, 11) is 0. The van der Waals surface area contributed by atoms with Crippen LogP contribution in [-0.2, 0) is 4.79 Å². The Labute approximate surface area is 214 Å². The van der Waals surface area contributed by atoms with Gasteiger partial charge in [0, 0.05) is 54.0 Å². The van der Waals surface area contributed by atoms with Gasteiger partial charge in [-0.05, 0) is 73.0 Å². The maximum absolute atomic E-state index is 13.1. The number of pyridine rings is 1. The van der Waals surface area contributed by atoms with E-state index in [4.69, 9.17) is 5.11 Å². The van der Waals surface area contributed by atoms with Gasteiger partial charge < -0.3 is 14.9 Å². The number of carboxylic acid groups (broad SMARTS) is 1. The first kappa shape index (κ1) is 23.2. The van der Waals surface area contributed by atoms with Crippen LogP contribution in [0.3, 0.4) is 0 Å². The van der Waals surface area contributed by atoms with E-state index < -0.39 is 5.97 Å². The molecule has 186 valence electrons. The Bertz CT molecular complexity index is 1330. The van der Waals surface area contributed by atoms with E-state index in [1.54, 1.807) is 6.07 Å². The van der Waals surface area contributed by atoms with Crippen molar-refractivity contribution in [3.63, 3.8) is 0 Å². The lowest BCUT2D eigenvalue weighted by molar-refractivity contribution is -0.132. The molecule has 0 radical (unpaired) electrons. The Hall–Kier alpha value is -3.23. The molecule has 5 heterocycles. The number of carboxylic acids is 1. The number of amides is 1. The highest BCUT2D eigenvalue weighted by atomic mass is 32.1. The number of hydrogen-bond acceptors (Lipinski definition) is 6. The predicted octanol–water partition coefficient (Wildman–Crippen LogP) is 4.27. The molecule has 36 heavy (non-hydrogen) atoms. The van der Waals surface area contributed by atoms with Gasteiger partial charge in [0.05, 0.1) is 12.1 Å². The Balaban J connectivity index is 1.06. The lowest BCUT2D eigenvalue weighted by atomic mass is 9.98. The van der Waals surface area contributed by atoms with Gasteiger partial charge in [-0.2, -0.15) is 0 Å². The molecule has 0 aliphatic carbocycles. The molecule has 2 unspecified atom stereocenters. The van der Waals surface area contributed by atoms with Crippen LogP contribution >= 0.6 is 11.3 Å². The number of aromatic carboxylic acids is 1. The van der Waals surface area contributed by atoms with Crippen LogP contribution < -0.4 is 4.90 Å². The molecule has 1 amide bonds. The van der Waals surface area contributed by atoms with E-state index in [-0.39, 0.29) is 11.5 Å². The van der Waals surface area contributed by atoms with Gasteiger partial charge in [0.15, 0.2) is 0 Å². The average molecular weight is 503 g/mol. The van der Waals surface area contributed by atoms with Crippen LogP contribution in [0.15, 0.2) is 48.7 Å². The van der Waals surface area contributed by atoms with Gasteiger partial charge in [-0.15, -0.1) is 11.3 Å². The van der Waals surface area contributed by atoms with Crippen molar-refractivity contribution < 1.29 is 14.7 Å². The molecule has 0 saturated carbocycles. The molecular weight excluding hydrogens is 472 g/mol. The number of benzene rings is 1. The molecule has 8 heteroatoms. The summed E-state index contributed by atoms with van der Waals surface area (Å²) in [6, 6.07) is 13.0. The van der Waals surface area contributed by atoms with Gasteiger partial charge in [-0.3, -0.25) is 9.69 Å². The summed E-state index contributed by atoms with van der Waals surface area (Å²) in [6.07, 6.45) is 6.68. The molecule has 0 spiro atoms. The first-order valence-electron chi connectivity index (χ1n) is 12.6. The number of carbonyl (C=O) groups excluding carboxylic acids is 1. The van der Waals surface area contributed by atoms with Crippen molar-refractivity contribution in [2.45, 2.75) is 38.3 Å². The van der Waals surface area contributed by atoms with Gasteiger partial charge in [0.2, 0.25) is 5.91 Å². The number of aromatic nitrogens is 1. The minimum Gasteiger partial charge on any atom is -0.478 e. The number of fused-ring (bicyclic) bond motifs is 3. The molecule has 7 nitrogen and oxygen atoms in total. The second-order valence-corrected chi connectivity index (χ2v) is 11.4. The number of carbonyl (C=O) groups is 2. The Morgan fingerprint density at radius 1 is 1.11 bits per heavy atom. The summed E-state index contributed by atoms with van der Waals surface area (Å²) < 4.78 is 1.33. The van der Waals surface area contributed by atoms with Gasteiger partial charge in [0.1, 0.15) is 5.82 Å². The number of aryl methyl sites for hydroxylation is 1. The zero-order valence-electron chi connectivity index (χ0n) is 20.4. The highest BCUT2D eigenvalue weighted by Gasteiger charge is 2.41. The Morgan fingerprint density at radius 2 is 1.92 bits per heavy atom. The SMILES string of the molecule is Cc1cc2cc(C3=CCN(C(=O)CN4CC5CCC(C4)N5c4ccc(C(=O)O)cn4)CC3)ccc2s1. The quantitative estimate of drug-likeness (QED) is 0.562. The third kappa shape index (κ3) is 4.40. The number of rotatable bonds is 5. The maximum atomic E-state index is 13.1. The minimum absolute atomic E-state index is 0.200. The lowest BCUT2D eigenvalue weighted by Gasteiger charge is -2.42. The first-order valence-corrected chi connectivity index (χ1v) is 13.4. The lowest BCUT2D eigenvalue weighted by Crippen LogP contribution is -2.56. The van der Waals surface area contributed by atoms with Crippen LogP contribution in [0.4, 0.5) is 5.82 Å². The van der Waals surface area contributed by atoms with Crippen molar-refractivity contribution in [3.8, 4) is 0 Å². The van der Waals surface area contributed by atoms with Gasteiger partial charge >= 0.3 is 5.97 Å². The monoisotopic (exact) mass is 502 g/mol. The number of nitrogens with zero attached hydrogens (tertiary/aromatic N) is 4. The van der Waals surface area contributed by atoms with E-state index >= 15 is 0 Å². The topological polar surface area (TPSA) is 77.0 Å². The largest absolute Gasteiger partial charge is 0.478 e. The van der Waals surface area contributed by atoms with E-state index in [2.05, 4.69) is 52.0 Å². The smallest absolute Gasteiger partial charge is 0.337 e. The second-order valence-electron chi connectivity index (χ2n) is 10.1. The summed E-state index contributed by atoms with van der Waals surface area (Å²) in [4.78, 5) is 36.6. The van der Waals surface area contributed by atoms with Crippen molar-refractivity contribution in [1.82, 2.24) is 14.8 Å². The molecule has 2 saturated heterocycles. The molecule has 1 aromatic carbocycles. The molecule has 3 aliphatic heterocycles. The summed E-state index contributed by atoms with van der Waals surface area (Å²) in [5.41, 5.74) is 2.80. The summed E-state index contributed by atoms with van der Waals surface area (Å²) >= 11 is 1.83. The molecule has 2 bridgehead atoms. The fourth-order valence-electron chi connectivity index (χ4n) is 5.98. The first-order chi connectivity index (χ1) is 17.4. The zero-order chi connectivity index (χ0) is 24.8. The van der Waals surface area contributed by atoms with E-state index in [1.807, 2.05) is 22.3 Å². The van der Waals surface area contributed by atoms with Crippen LogP contribution in [0.5, 0.6) is 0 Å². The molecule has 3 aromatic rings. The summed E-state index contributed by atoms with van der Waals surface area (Å²) in [5, 5.41) is 10.4. The molecule has 6 rings (SSSR count). The van der Waals surface area contributed by atoms with E-state index in [0.29, 0.717) is 25.2 Å². The molecule has 1 N–H and O–H groups in total. The van der Waals surface area contributed by atoms with Gasteiger partial charge in [-0.25, -0.2) is 9.78 Å². The standard InChI is InChI=1S/C28H30N4O3S/c1-18-12-22-13-20(2-6-25(22)36-18)19-8-10-31(11-9-19)27(33)17-30-15-23-4-5-24(16-30)32(23)26-7-3-21(14-29-26)28(34)35/h2-3,6-8,12-14,23-24H,4-5,9-11,15-17H2,1H3,(H,34,35). The van der Waals surface area contributed by atoms with Crippen molar-refractivity contribution >= 4 is 44.7 Å². The average Bonchev–Trinajstić information content (AvgIpc) is 3.39. The third-order valence-electron chi connectivity index (χ3n) is 7.75. The molecule has 2 fully saturated rings. The van der Waals surface area contributed by atoms with Crippen LogP contribution in [0.25, 0.3) is 15.7 Å². The Morgan fingerprint density at radius 3 is 2.58 bits per heavy atom. The van der Waals surface area contributed by atoms with Gasteiger partial charge in [-0.1, -0.05) is 12.1 Å². The van der Waals surface area contributed by atoms with Crippen LogP contribution in [0, 0.1) is 6.92 Å². The van der Waals surface area contributed by atoms with Gasteiger partial charge in [0.25, 0.3) is 0 Å². The van der Waals surface area contributed by atoms with Crippen molar-refractivity contribution in [2.75, 3.05) is 37.6 Å². The van der Waals surface area contributed by atoms with Crippen molar-refractivity contribution in [2.24, 2.45) is 0 Å². The van der Waals surface area contributed by atoms with Crippen molar-refractivity contribution in [1.29, 1.82) is 0 Å². The number of hydrogen-bond donors (Lipinski definition) is 1. The van der Waals surface area contributed by atoms with E-state index in [9.17, 15) is 9.59 Å². The number of thiophene rings is 1. The highest BCUT2D eigenvalue weighted by Crippen LogP contribution is 2.34. The fourth-order valence-corrected chi connectivity index (χ4v) is 6.89. The number of anilines is 1. The highest BCUT2D eigenvalue weighted by molar-refractivity contribution is 7.19. The summed E-state index contributed by atoms with van der Waals surface area (Å²) in [5.74, 6) is 0.0765. The van der Waals surface area contributed by atoms with E-state index in [0.717, 1.165) is 44.7 Å². The van der Waals surface area contributed by atoms with Crippen molar-refractivity contribution in [3.05, 3.63) is 64.7 Å². The van der Waals surface area contributed by atoms with Crippen LogP contribution in [0.2, 0.25) is 0 Å². The normalized spacial score (nSPS) is 22.2. The third-order valence-corrected chi connectivity index (χ3v) is 8.78. The predicted molar refractivity (Wildman–Crippen MR) is 143 cm³/mol. The van der Waals surface area contributed by atoms with Crippen LogP contribution in [-0.4, -0.2) is 76.6 Å². The molecule has 2 atom stereocenters. The zero-order valence-corrected chi connectivity index (χ0v) is 21.2. The number of piperazine rings is 1.